The zero-order chi connectivity index (χ0) is 7.56. The van der Waals surface area contributed by atoms with Crippen LogP contribution in [0.15, 0.2) is 10.2 Å². The first-order chi connectivity index (χ1) is 4.70. The van der Waals surface area contributed by atoms with Crippen molar-refractivity contribution in [2.45, 2.75) is 13.8 Å². The molecule has 56 valence electrons. The van der Waals surface area contributed by atoms with Crippen molar-refractivity contribution in [1.82, 2.24) is 10.9 Å². The zero-order valence-corrected chi connectivity index (χ0v) is 6.05. The Labute approximate surface area is 59.4 Å². The van der Waals surface area contributed by atoms with E-state index in [1.807, 2.05) is 13.8 Å². The van der Waals surface area contributed by atoms with E-state index in [-0.39, 0.29) is 0 Å². The Balaban J connectivity index is 2.54. The molecule has 0 aliphatic carbocycles. The molecule has 0 aromatic rings. The minimum atomic E-state index is 0.296. The maximum absolute atomic E-state index is 5.27. The molecule has 0 spiro atoms. The van der Waals surface area contributed by atoms with Crippen molar-refractivity contribution in [3.8, 4) is 0 Å². The monoisotopic (exact) mass is 141 g/mol. The molecule has 1 rings (SSSR count). The molecule has 1 heterocycles. The topological polar surface area (TPSA) is 74.8 Å². The third-order valence-electron chi connectivity index (χ3n) is 1.13. The molecular weight excluding hydrogens is 130 g/mol. The second kappa shape index (κ2) is 2.55. The zero-order valence-electron chi connectivity index (χ0n) is 6.05. The molecule has 0 unspecified atom stereocenters. The standard InChI is InChI=1S/C5H11N5/c1-3(2)4-7-9-5(6)10-8-4/h3H,1-2H3,(H,7,8)(H3,6,9,10). The van der Waals surface area contributed by atoms with E-state index in [4.69, 9.17) is 5.73 Å². The van der Waals surface area contributed by atoms with Crippen LogP contribution in [0.25, 0.3) is 0 Å². The van der Waals surface area contributed by atoms with Crippen LogP contribution in [0.3, 0.4) is 0 Å². The van der Waals surface area contributed by atoms with Crippen molar-refractivity contribution in [3.63, 3.8) is 0 Å². The number of hydrogen-bond acceptors (Lipinski definition) is 5. The highest BCUT2D eigenvalue weighted by Crippen LogP contribution is 1.94. The molecule has 4 N–H and O–H groups in total. The summed E-state index contributed by atoms with van der Waals surface area (Å²) in [6.45, 7) is 4.04. The van der Waals surface area contributed by atoms with Gasteiger partial charge in [0.1, 0.15) is 5.84 Å². The van der Waals surface area contributed by atoms with Crippen LogP contribution < -0.4 is 16.6 Å². The maximum atomic E-state index is 5.27. The summed E-state index contributed by atoms with van der Waals surface area (Å²) < 4.78 is 0. The van der Waals surface area contributed by atoms with Crippen LogP contribution in [0.2, 0.25) is 0 Å². The van der Waals surface area contributed by atoms with Crippen LogP contribution in [0, 0.1) is 5.92 Å². The second-order valence-corrected chi connectivity index (χ2v) is 2.37. The van der Waals surface area contributed by atoms with Gasteiger partial charge in [-0.3, -0.25) is 5.43 Å². The van der Waals surface area contributed by atoms with E-state index in [9.17, 15) is 0 Å². The van der Waals surface area contributed by atoms with E-state index < -0.39 is 0 Å². The lowest BCUT2D eigenvalue weighted by Crippen LogP contribution is -2.40. The van der Waals surface area contributed by atoms with E-state index in [1.54, 1.807) is 0 Å². The van der Waals surface area contributed by atoms with Gasteiger partial charge in [-0.25, -0.2) is 5.43 Å². The van der Waals surface area contributed by atoms with Gasteiger partial charge in [0.2, 0.25) is 5.96 Å². The summed E-state index contributed by atoms with van der Waals surface area (Å²) in [5.41, 5.74) is 10.6. The van der Waals surface area contributed by atoms with Crippen LogP contribution in [0.1, 0.15) is 13.8 Å². The first kappa shape index (κ1) is 6.85. The average Bonchev–Trinajstić information content (AvgIpc) is 1.88. The molecule has 0 amide bonds. The van der Waals surface area contributed by atoms with E-state index in [0.717, 1.165) is 5.84 Å². The number of rotatable bonds is 1. The molecule has 1 aliphatic heterocycles. The van der Waals surface area contributed by atoms with Gasteiger partial charge in [0, 0.05) is 5.92 Å². The van der Waals surface area contributed by atoms with Crippen molar-refractivity contribution >= 4 is 11.8 Å². The van der Waals surface area contributed by atoms with Crippen molar-refractivity contribution in [2.24, 2.45) is 21.9 Å². The quantitative estimate of drug-likeness (QED) is 0.455. The molecule has 0 radical (unpaired) electrons. The molecule has 0 aromatic heterocycles. The normalized spacial score (nSPS) is 17.1. The maximum Gasteiger partial charge on any atom is 0.232 e. The molecule has 10 heavy (non-hydrogen) atoms. The van der Waals surface area contributed by atoms with Crippen LogP contribution in [-0.4, -0.2) is 11.8 Å². The fourth-order valence-corrected chi connectivity index (χ4v) is 0.543. The highest BCUT2D eigenvalue weighted by molar-refractivity contribution is 5.90. The van der Waals surface area contributed by atoms with Gasteiger partial charge in [-0.05, 0) is 0 Å². The summed E-state index contributed by atoms with van der Waals surface area (Å²) in [5.74, 6) is 1.43. The Morgan fingerprint density at radius 2 is 2.00 bits per heavy atom. The Bertz CT molecular complexity index is 180. The van der Waals surface area contributed by atoms with E-state index in [0.29, 0.717) is 11.9 Å². The number of guanidine groups is 1. The second-order valence-electron chi connectivity index (χ2n) is 2.37. The molecule has 5 nitrogen and oxygen atoms in total. The Morgan fingerprint density at radius 3 is 2.40 bits per heavy atom. The number of hydrogen-bond donors (Lipinski definition) is 3. The third kappa shape index (κ3) is 1.37. The third-order valence-corrected chi connectivity index (χ3v) is 1.13. The number of hydrazone groups is 2. The highest BCUT2D eigenvalue weighted by Gasteiger charge is 2.07. The van der Waals surface area contributed by atoms with Crippen LogP contribution in [0.4, 0.5) is 0 Å². The molecule has 0 saturated heterocycles. The van der Waals surface area contributed by atoms with E-state index >= 15 is 0 Å². The van der Waals surface area contributed by atoms with Crippen LogP contribution in [0.5, 0.6) is 0 Å². The molecule has 0 saturated carbocycles. The molecule has 0 aromatic carbocycles. The van der Waals surface area contributed by atoms with Gasteiger partial charge in [0.25, 0.3) is 0 Å². The van der Waals surface area contributed by atoms with Crippen LogP contribution in [-0.2, 0) is 0 Å². The molecule has 5 heteroatoms. The van der Waals surface area contributed by atoms with Crippen molar-refractivity contribution in [3.05, 3.63) is 0 Å². The Morgan fingerprint density at radius 1 is 1.30 bits per heavy atom. The number of nitrogens with zero attached hydrogens (tertiary/aromatic N) is 2. The van der Waals surface area contributed by atoms with Gasteiger partial charge >= 0.3 is 0 Å². The SMILES string of the molecule is CC(C)C1=NNC(N)=NN1. The lowest BCUT2D eigenvalue weighted by molar-refractivity contribution is 0.761. The largest absolute Gasteiger partial charge is 0.367 e. The lowest BCUT2D eigenvalue weighted by atomic mass is 10.2. The molecule has 0 bridgehead atoms. The van der Waals surface area contributed by atoms with Crippen molar-refractivity contribution in [2.75, 3.05) is 0 Å². The van der Waals surface area contributed by atoms with Crippen molar-refractivity contribution in [1.29, 1.82) is 0 Å². The summed E-state index contributed by atoms with van der Waals surface area (Å²) in [7, 11) is 0. The van der Waals surface area contributed by atoms with Gasteiger partial charge in [-0.1, -0.05) is 13.8 Å². The van der Waals surface area contributed by atoms with Gasteiger partial charge in [0.05, 0.1) is 0 Å². The average molecular weight is 141 g/mol. The molecular formula is C5H11N5. The molecule has 0 atom stereocenters. The van der Waals surface area contributed by atoms with E-state index in [2.05, 4.69) is 21.1 Å². The van der Waals surface area contributed by atoms with E-state index in [1.165, 1.54) is 0 Å². The number of nitrogens with one attached hydrogen (secondary N) is 2. The lowest BCUT2D eigenvalue weighted by Gasteiger charge is -2.13. The summed E-state index contributed by atoms with van der Waals surface area (Å²) in [6.07, 6.45) is 0. The van der Waals surface area contributed by atoms with Gasteiger partial charge in [0.15, 0.2) is 0 Å². The summed E-state index contributed by atoms with van der Waals surface area (Å²) in [5, 5.41) is 7.64. The smallest absolute Gasteiger partial charge is 0.232 e. The molecule has 0 fully saturated rings. The molecule has 1 aliphatic rings. The first-order valence-corrected chi connectivity index (χ1v) is 3.13. The summed E-state index contributed by atoms with van der Waals surface area (Å²) in [6, 6.07) is 0. The fourth-order valence-electron chi connectivity index (χ4n) is 0.543. The predicted molar refractivity (Wildman–Crippen MR) is 40.2 cm³/mol. The van der Waals surface area contributed by atoms with Gasteiger partial charge < -0.3 is 5.73 Å². The Hall–Kier alpha value is -1.26. The summed E-state index contributed by atoms with van der Waals surface area (Å²) in [4.78, 5) is 0. The minimum absolute atomic E-state index is 0.296. The first-order valence-electron chi connectivity index (χ1n) is 3.13. The Kier molecular flexibility index (Phi) is 1.75. The highest BCUT2D eigenvalue weighted by atomic mass is 15.5. The number of amidine groups is 1. The minimum Gasteiger partial charge on any atom is -0.367 e. The fraction of sp³-hybridized carbons (Fsp3) is 0.600. The number of nitrogens with two attached hydrogens (primary N) is 1. The van der Waals surface area contributed by atoms with Gasteiger partial charge in [-0.15, -0.1) is 5.10 Å². The summed E-state index contributed by atoms with van der Waals surface area (Å²) >= 11 is 0. The predicted octanol–water partition coefficient (Wildman–Crippen LogP) is -0.622. The van der Waals surface area contributed by atoms with Gasteiger partial charge in [-0.2, -0.15) is 5.10 Å². The van der Waals surface area contributed by atoms with Crippen LogP contribution >= 0.6 is 0 Å². The van der Waals surface area contributed by atoms with Crippen molar-refractivity contribution < 1.29 is 0 Å².